The fourth-order valence-electron chi connectivity index (χ4n) is 6.58. The van der Waals surface area contributed by atoms with Gasteiger partial charge in [0.2, 0.25) is 0 Å². The SMILES string of the molecule is CC1(C)c2ccccc2-c2c(N(c3ccccc3)c3cccc4cc5sc6ccccc6c5cc34)cccc21. The van der Waals surface area contributed by atoms with Crippen LogP contribution >= 0.6 is 11.3 Å². The van der Waals surface area contributed by atoms with Crippen LogP contribution in [-0.2, 0) is 5.41 Å². The van der Waals surface area contributed by atoms with Gasteiger partial charge < -0.3 is 4.90 Å². The highest BCUT2D eigenvalue weighted by Crippen LogP contribution is 2.54. The van der Waals surface area contributed by atoms with Crippen molar-refractivity contribution in [1.29, 1.82) is 0 Å². The van der Waals surface area contributed by atoms with E-state index < -0.39 is 0 Å². The summed E-state index contributed by atoms with van der Waals surface area (Å²) >= 11 is 1.88. The molecule has 0 bridgehead atoms. The average molecular weight is 518 g/mol. The Kier molecular flexibility index (Phi) is 4.80. The second-order valence-electron chi connectivity index (χ2n) is 11.0. The first-order valence-electron chi connectivity index (χ1n) is 13.5. The third-order valence-corrected chi connectivity index (χ3v) is 9.57. The Bertz CT molecular complexity index is 2050. The molecule has 1 heterocycles. The van der Waals surface area contributed by atoms with Gasteiger partial charge in [0.15, 0.2) is 0 Å². The summed E-state index contributed by atoms with van der Waals surface area (Å²) in [5.41, 5.74) is 8.98. The van der Waals surface area contributed by atoms with Gasteiger partial charge in [-0.1, -0.05) is 98.8 Å². The number of nitrogens with zero attached hydrogens (tertiary/aromatic N) is 1. The van der Waals surface area contributed by atoms with Crippen LogP contribution in [0.4, 0.5) is 17.1 Å². The lowest BCUT2D eigenvalue weighted by molar-refractivity contribution is 0.660. The topological polar surface area (TPSA) is 3.24 Å². The van der Waals surface area contributed by atoms with Crippen molar-refractivity contribution in [3.05, 3.63) is 139 Å². The van der Waals surface area contributed by atoms with Crippen LogP contribution in [0.2, 0.25) is 0 Å². The van der Waals surface area contributed by atoms with Crippen molar-refractivity contribution in [2.75, 3.05) is 4.90 Å². The van der Waals surface area contributed by atoms with Crippen LogP contribution in [0.1, 0.15) is 25.0 Å². The van der Waals surface area contributed by atoms with Crippen molar-refractivity contribution in [2.45, 2.75) is 19.3 Å². The summed E-state index contributed by atoms with van der Waals surface area (Å²) in [6.07, 6.45) is 0. The lowest BCUT2D eigenvalue weighted by Gasteiger charge is -2.29. The number of fused-ring (bicyclic) bond motifs is 7. The van der Waals surface area contributed by atoms with Gasteiger partial charge in [0.25, 0.3) is 0 Å². The Hall–Kier alpha value is -4.40. The van der Waals surface area contributed by atoms with E-state index in [1.807, 2.05) is 11.3 Å². The standard InChI is InChI=1S/C37H27NS/c1-37(2)30-17-8-6-16-27(30)36-31(37)18-11-20-33(36)38(25-13-4-3-5-14-25)32-19-10-12-24-22-35-29(23-28(24)32)26-15-7-9-21-34(26)39-35/h3-23H,1-2H3. The fraction of sp³-hybridized carbons (Fsp3) is 0.0811. The molecule has 1 nitrogen and oxygen atoms in total. The molecule has 1 aliphatic rings. The van der Waals surface area contributed by atoms with Crippen LogP contribution in [0.15, 0.2) is 127 Å². The summed E-state index contributed by atoms with van der Waals surface area (Å²) in [5, 5.41) is 5.19. The van der Waals surface area contributed by atoms with E-state index in [-0.39, 0.29) is 5.41 Å². The van der Waals surface area contributed by atoms with Crippen LogP contribution < -0.4 is 4.90 Å². The highest BCUT2D eigenvalue weighted by atomic mass is 32.1. The second kappa shape index (κ2) is 8.30. The zero-order chi connectivity index (χ0) is 26.1. The lowest BCUT2D eigenvalue weighted by atomic mass is 9.82. The van der Waals surface area contributed by atoms with E-state index in [4.69, 9.17) is 0 Å². The monoisotopic (exact) mass is 517 g/mol. The van der Waals surface area contributed by atoms with Gasteiger partial charge in [-0.15, -0.1) is 11.3 Å². The molecular weight excluding hydrogens is 490 g/mol. The van der Waals surface area contributed by atoms with Gasteiger partial charge in [-0.25, -0.2) is 0 Å². The summed E-state index contributed by atoms with van der Waals surface area (Å²) in [6.45, 7) is 4.70. The van der Waals surface area contributed by atoms with Gasteiger partial charge >= 0.3 is 0 Å². The predicted molar refractivity (Wildman–Crippen MR) is 169 cm³/mol. The Morgan fingerprint density at radius 1 is 0.538 bits per heavy atom. The molecule has 0 radical (unpaired) electrons. The maximum absolute atomic E-state index is 2.47. The Morgan fingerprint density at radius 2 is 1.26 bits per heavy atom. The van der Waals surface area contributed by atoms with E-state index in [9.17, 15) is 0 Å². The summed E-state index contributed by atoms with van der Waals surface area (Å²) in [5.74, 6) is 0. The molecule has 39 heavy (non-hydrogen) atoms. The van der Waals surface area contributed by atoms with Crippen molar-refractivity contribution in [3.63, 3.8) is 0 Å². The molecule has 0 saturated heterocycles. The average Bonchev–Trinajstić information content (AvgIpc) is 3.45. The van der Waals surface area contributed by atoms with Crippen LogP contribution in [0.3, 0.4) is 0 Å². The smallest absolute Gasteiger partial charge is 0.0543 e. The molecule has 0 saturated carbocycles. The Labute approximate surface area is 232 Å². The molecular formula is C37H27NS. The maximum Gasteiger partial charge on any atom is 0.0543 e. The number of benzene rings is 6. The largest absolute Gasteiger partial charge is 0.309 e. The molecule has 1 aliphatic carbocycles. The zero-order valence-electron chi connectivity index (χ0n) is 22.0. The summed E-state index contributed by atoms with van der Waals surface area (Å²) < 4.78 is 2.67. The number of anilines is 3. The molecule has 0 amide bonds. The predicted octanol–water partition coefficient (Wildman–Crippen LogP) is 11.0. The van der Waals surface area contributed by atoms with Crippen LogP contribution in [0.25, 0.3) is 42.1 Å². The molecule has 0 fully saturated rings. The molecule has 8 rings (SSSR count). The maximum atomic E-state index is 2.47. The minimum absolute atomic E-state index is 0.0508. The zero-order valence-corrected chi connectivity index (χ0v) is 22.8. The number of thiophene rings is 1. The van der Waals surface area contributed by atoms with E-state index in [1.54, 1.807) is 0 Å². The molecule has 0 spiro atoms. The van der Waals surface area contributed by atoms with Crippen LogP contribution in [0, 0.1) is 0 Å². The minimum atomic E-state index is -0.0508. The minimum Gasteiger partial charge on any atom is -0.309 e. The second-order valence-corrected chi connectivity index (χ2v) is 12.1. The molecule has 1 aromatic heterocycles. The van der Waals surface area contributed by atoms with Crippen molar-refractivity contribution < 1.29 is 0 Å². The quantitative estimate of drug-likeness (QED) is 0.225. The van der Waals surface area contributed by atoms with Crippen molar-refractivity contribution in [1.82, 2.24) is 0 Å². The van der Waals surface area contributed by atoms with Gasteiger partial charge in [-0.3, -0.25) is 0 Å². The molecule has 0 unspecified atom stereocenters. The van der Waals surface area contributed by atoms with E-state index in [2.05, 4.69) is 146 Å². The van der Waals surface area contributed by atoms with E-state index >= 15 is 0 Å². The summed E-state index contributed by atoms with van der Waals surface area (Å²) in [4.78, 5) is 2.47. The molecule has 0 N–H and O–H groups in total. The van der Waals surface area contributed by atoms with Gasteiger partial charge in [-0.05, 0) is 64.5 Å². The lowest BCUT2D eigenvalue weighted by Crippen LogP contribution is -2.16. The Morgan fingerprint density at radius 3 is 2.15 bits per heavy atom. The Balaban J connectivity index is 1.46. The molecule has 2 heteroatoms. The molecule has 0 aliphatic heterocycles. The van der Waals surface area contributed by atoms with Crippen LogP contribution in [-0.4, -0.2) is 0 Å². The van der Waals surface area contributed by atoms with Crippen molar-refractivity contribution in [3.8, 4) is 11.1 Å². The normalized spacial score (nSPS) is 13.6. The van der Waals surface area contributed by atoms with E-state index in [0.29, 0.717) is 0 Å². The highest BCUT2D eigenvalue weighted by molar-refractivity contribution is 7.25. The molecule has 0 atom stereocenters. The van der Waals surface area contributed by atoms with Crippen molar-refractivity contribution >= 4 is 59.3 Å². The molecule has 186 valence electrons. The van der Waals surface area contributed by atoms with Gasteiger partial charge in [0.1, 0.15) is 0 Å². The number of hydrogen-bond donors (Lipinski definition) is 0. The number of hydrogen-bond acceptors (Lipinski definition) is 2. The molecule has 7 aromatic rings. The van der Waals surface area contributed by atoms with Gasteiger partial charge in [-0.2, -0.15) is 0 Å². The number of rotatable bonds is 3. The van der Waals surface area contributed by atoms with E-state index in [1.165, 1.54) is 64.6 Å². The third-order valence-electron chi connectivity index (χ3n) is 8.44. The summed E-state index contributed by atoms with van der Waals surface area (Å²) in [6, 6.07) is 46.9. The first-order valence-corrected chi connectivity index (χ1v) is 14.4. The third kappa shape index (κ3) is 3.25. The van der Waals surface area contributed by atoms with E-state index in [0.717, 1.165) is 5.69 Å². The number of para-hydroxylation sites is 1. The fourth-order valence-corrected chi connectivity index (χ4v) is 7.72. The van der Waals surface area contributed by atoms with Gasteiger partial charge in [0, 0.05) is 42.2 Å². The van der Waals surface area contributed by atoms with Crippen molar-refractivity contribution in [2.24, 2.45) is 0 Å². The van der Waals surface area contributed by atoms with Gasteiger partial charge in [0.05, 0.1) is 11.4 Å². The molecule has 6 aromatic carbocycles. The first kappa shape index (κ1) is 22.6. The summed E-state index contributed by atoms with van der Waals surface area (Å²) in [7, 11) is 0. The highest BCUT2D eigenvalue weighted by Gasteiger charge is 2.37. The van der Waals surface area contributed by atoms with Crippen LogP contribution in [0.5, 0.6) is 0 Å². The first-order chi connectivity index (χ1) is 19.1.